The Morgan fingerprint density at radius 1 is 0.773 bits per heavy atom. The van der Waals surface area contributed by atoms with Crippen molar-refractivity contribution in [3.8, 4) is 11.6 Å². The van der Waals surface area contributed by atoms with Crippen molar-refractivity contribution in [2.75, 3.05) is 0 Å². The van der Waals surface area contributed by atoms with E-state index in [1.54, 1.807) is 0 Å². The number of aromatic nitrogens is 3. The Morgan fingerprint density at radius 3 is 1.45 bits per heavy atom. The Bertz CT molecular complexity index is 723. The third-order valence-corrected chi connectivity index (χ3v) is 4.04. The van der Waals surface area contributed by atoms with Crippen LogP contribution in [0.4, 0.5) is 0 Å². The van der Waals surface area contributed by atoms with E-state index in [-0.39, 0.29) is 6.61 Å². The summed E-state index contributed by atoms with van der Waals surface area (Å²) in [5.74, 6) is 1.68. The van der Waals surface area contributed by atoms with Crippen LogP contribution >= 0.6 is 0 Å². The molecule has 0 aromatic carbocycles. The molecule has 0 radical (unpaired) electrons. The predicted molar refractivity (Wildman–Crippen MR) is 87.8 cm³/mol. The lowest BCUT2D eigenvalue weighted by atomic mass is 10.2. The fourth-order valence-corrected chi connectivity index (χ4v) is 2.94. The second-order valence-corrected chi connectivity index (χ2v) is 5.75. The molecule has 0 spiro atoms. The van der Waals surface area contributed by atoms with E-state index >= 15 is 0 Å². The van der Waals surface area contributed by atoms with Gasteiger partial charge < -0.3 is 14.2 Å². The Labute approximate surface area is 130 Å². The molecule has 0 unspecified atom stereocenters. The maximum absolute atomic E-state index is 9.61. The van der Waals surface area contributed by atoms with Crippen molar-refractivity contribution >= 4 is 0 Å². The number of aliphatic hydroxyl groups is 1. The standard InChI is InChI=1S/C18H21N3O/c1-12-5-6-13(2)20(12)17-9-16(11-22)10-18(19-17)21-14(3)7-8-15(21)4/h5-10,22H,11H2,1-4H3. The average molecular weight is 295 g/mol. The van der Waals surface area contributed by atoms with Gasteiger partial charge in [0.1, 0.15) is 11.6 Å². The summed E-state index contributed by atoms with van der Waals surface area (Å²) in [5, 5.41) is 9.61. The smallest absolute Gasteiger partial charge is 0.139 e. The van der Waals surface area contributed by atoms with Crippen molar-refractivity contribution in [2.24, 2.45) is 0 Å². The highest BCUT2D eigenvalue weighted by Crippen LogP contribution is 2.21. The molecule has 4 heteroatoms. The van der Waals surface area contributed by atoms with E-state index in [0.29, 0.717) is 0 Å². The number of pyridine rings is 1. The van der Waals surface area contributed by atoms with E-state index in [0.717, 1.165) is 40.0 Å². The molecule has 1 N–H and O–H groups in total. The van der Waals surface area contributed by atoms with Crippen molar-refractivity contribution < 1.29 is 5.11 Å². The topological polar surface area (TPSA) is 43.0 Å². The minimum atomic E-state index is 0.00124. The lowest BCUT2D eigenvalue weighted by molar-refractivity contribution is 0.281. The number of nitrogens with zero attached hydrogens (tertiary/aromatic N) is 3. The summed E-state index contributed by atoms with van der Waals surface area (Å²) in [6.07, 6.45) is 0. The summed E-state index contributed by atoms with van der Waals surface area (Å²) in [6, 6.07) is 12.2. The molecule has 0 atom stereocenters. The van der Waals surface area contributed by atoms with Crippen LogP contribution in [0.5, 0.6) is 0 Å². The Balaban J connectivity index is 2.24. The quantitative estimate of drug-likeness (QED) is 0.805. The van der Waals surface area contributed by atoms with E-state index in [1.165, 1.54) is 0 Å². The number of hydrogen-bond donors (Lipinski definition) is 1. The Hall–Kier alpha value is -2.33. The van der Waals surface area contributed by atoms with Crippen LogP contribution in [0.25, 0.3) is 11.6 Å². The van der Waals surface area contributed by atoms with Crippen molar-refractivity contribution in [3.63, 3.8) is 0 Å². The molecule has 3 aromatic rings. The van der Waals surface area contributed by atoms with Gasteiger partial charge in [-0.25, -0.2) is 4.98 Å². The molecule has 0 aliphatic heterocycles. The van der Waals surface area contributed by atoms with Gasteiger partial charge in [0.25, 0.3) is 0 Å². The average Bonchev–Trinajstić information content (AvgIpc) is 3.00. The van der Waals surface area contributed by atoms with E-state index in [2.05, 4.69) is 61.1 Å². The SMILES string of the molecule is Cc1ccc(C)n1-c1cc(CO)cc(-n2c(C)ccc2C)n1. The minimum Gasteiger partial charge on any atom is -0.392 e. The molecule has 114 valence electrons. The number of rotatable bonds is 3. The zero-order valence-corrected chi connectivity index (χ0v) is 13.5. The van der Waals surface area contributed by atoms with E-state index in [9.17, 15) is 5.11 Å². The molecule has 22 heavy (non-hydrogen) atoms. The van der Waals surface area contributed by atoms with Gasteiger partial charge in [-0.15, -0.1) is 0 Å². The highest BCUT2D eigenvalue weighted by atomic mass is 16.3. The minimum absolute atomic E-state index is 0.00124. The zero-order valence-electron chi connectivity index (χ0n) is 13.5. The van der Waals surface area contributed by atoms with Gasteiger partial charge in [0, 0.05) is 22.8 Å². The molecule has 0 aliphatic rings. The molecule has 3 heterocycles. The molecule has 0 saturated heterocycles. The molecule has 0 bridgehead atoms. The molecule has 0 aliphatic carbocycles. The molecular formula is C18H21N3O. The van der Waals surface area contributed by atoms with Crippen LogP contribution in [0.2, 0.25) is 0 Å². The lowest BCUT2D eigenvalue weighted by Gasteiger charge is -2.15. The first-order chi connectivity index (χ1) is 10.5. The lowest BCUT2D eigenvalue weighted by Crippen LogP contribution is -2.08. The molecule has 0 saturated carbocycles. The van der Waals surface area contributed by atoms with Gasteiger partial charge in [-0.3, -0.25) is 0 Å². The highest BCUT2D eigenvalue weighted by molar-refractivity contribution is 5.42. The van der Waals surface area contributed by atoms with Gasteiger partial charge in [0.05, 0.1) is 6.61 Å². The van der Waals surface area contributed by atoms with E-state index in [1.807, 2.05) is 12.1 Å². The number of aliphatic hydroxyl groups excluding tert-OH is 1. The predicted octanol–water partition coefficient (Wildman–Crippen LogP) is 3.39. The van der Waals surface area contributed by atoms with Crippen LogP contribution < -0.4 is 0 Å². The molecular weight excluding hydrogens is 274 g/mol. The summed E-state index contributed by atoms with van der Waals surface area (Å²) in [7, 11) is 0. The molecule has 3 aromatic heterocycles. The monoisotopic (exact) mass is 295 g/mol. The second-order valence-electron chi connectivity index (χ2n) is 5.75. The van der Waals surface area contributed by atoms with Gasteiger partial charge in [-0.1, -0.05) is 0 Å². The first kappa shape index (κ1) is 14.6. The highest BCUT2D eigenvalue weighted by Gasteiger charge is 2.11. The first-order valence-electron chi connectivity index (χ1n) is 7.43. The third-order valence-electron chi connectivity index (χ3n) is 4.04. The van der Waals surface area contributed by atoms with Crippen molar-refractivity contribution in [1.29, 1.82) is 0 Å². The van der Waals surface area contributed by atoms with Crippen molar-refractivity contribution in [1.82, 2.24) is 14.1 Å². The van der Waals surface area contributed by atoms with Crippen molar-refractivity contribution in [2.45, 2.75) is 34.3 Å². The van der Waals surface area contributed by atoms with Gasteiger partial charge in [0.15, 0.2) is 0 Å². The van der Waals surface area contributed by atoms with Gasteiger partial charge in [-0.2, -0.15) is 0 Å². The van der Waals surface area contributed by atoms with E-state index < -0.39 is 0 Å². The molecule has 3 rings (SSSR count). The van der Waals surface area contributed by atoms with Crippen LogP contribution in [0, 0.1) is 27.7 Å². The van der Waals surface area contributed by atoms with Gasteiger partial charge in [0.2, 0.25) is 0 Å². The maximum Gasteiger partial charge on any atom is 0.139 e. The van der Waals surface area contributed by atoms with Crippen LogP contribution in [0.1, 0.15) is 28.3 Å². The number of hydrogen-bond acceptors (Lipinski definition) is 2. The maximum atomic E-state index is 9.61. The number of aryl methyl sites for hydroxylation is 4. The summed E-state index contributed by atoms with van der Waals surface area (Å²) in [4.78, 5) is 4.82. The third kappa shape index (κ3) is 2.35. The normalized spacial score (nSPS) is 11.1. The van der Waals surface area contributed by atoms with Gasteiger partial charge in [-0.05, 0) is 69.7 Å². The summed E-state index contributed by atoms with van der Waals surface area (Å²) in [5.41, 5.74) is 5.39. The summed E-state index contributed by atoms with van der Waals surface area (Å²) in [6.45, 7) is 8.25. The van der Waals surface area contributed by atoms with Crippen molar-refractivity contribution in [3.05, 3.63) is 64.7 Å². The molecule has 4 nitrogen and oxygen atoms in total. The summed E-state index contributed by atoms with van der Waals surface area (Å²) >= 11 is 0. The van der Waals surface area contributed by atoms with E-state index in [4.69, 9.17) is 4.98 Å². The van der Waals surface area contributed by atoms with Crippen LogP contribution in [0.15, 0.2) is 36.4 Å². The van der Waals surface area contributed by atoms with Gasteiger partial charge >= 0.3 is 0 Å². The van der Waals surface area contributed by atoms with Crippen LogP contribution in [0.3, 0.4) is 0 Å². The summed E-state index contributed by atoms with van der Waals surface area (Å²) < 4.78 is 4.22. The first-order valence-corrected chi connectivity index (χ1v) is 7.43. The largest absolute Gasteiger partial charge is 0.392 e. The Morgan fingerprint density at radius 2 is 1.14 bits per heavy atom. The fraction of sp³-hybridized carbons (Fsp3) is 0.278. The second kappa shape index (κ2) is 5.46. The Kier molecular flexibility index (Phi) is 3.62. The molecule has 0 amide bonds. The fourth-order valence-electron chi connectivity index (χ4n) is 2.94. The molecule has 0 fully saturated rings. The van der Waals surface area contributed by atoms with Crippen LogP contribution in [-0.4, -0.2) is 19.2 Å². The zero-order chi connectivity index (χ0) is 15.9. The van der Waals surface area contributed by atoms with Crippen LogP contribution in [-0.2, 0) is 6.61 Å².